The van der Waals surface area contributed by atoms with Crippen molar-refractivity contribution in [2.45, 2.75) is 30.8 Å². The Hall–Kier alpha value is -3.57. The maximum Gasteiger partial charge on any atom is 0.409 e. The van der Waals surface area contributed by atoms with Gasteiger partial charge in [0.05, 0.1) is 11.4 Å². The van der Waals surface area contributed by atoms with Gasteiger partial charge in [0, 0.05) is 33.2 Å². The lowest BCUT2D eigenvalue weighted by Gasteiger charge is -2.30. The zero-order valence-corrected chi connectivity index (χ0v) is 23.5. The fourth-order valence-electron chi connectivity index (χ4n) is 3.71. The number of ether oxygens (including phenoxy) is 2. The number of likely N-dealkylation sites (N-methyl/N-ethyl adjacent to an activating group) is 1. The van der Waals surface area contributed by atoms with Crippen LogP contribution in [0.1, 0.15) is 18.4 Å². The van der Waals surface area contributed by atoms with Crippen LogP contribution < -0.4 is 10.2 Å². The van der Waals surface area contributed by atoms with E-state index in [2.05, 4.69) is 17.7 Å². The average molecular weight is 581 g/mol. The van der Waals surface area contributed by atoms with Gasteiger partial charge in [-0.1, -0.05) is 17.7 Å². The van der Waals surface area contributed by atoms with E-state index in [1.54, 1.807) is 24.3 Å². The molecular weight excluding hydrogens is 546 g/mol. The topological polar surface area (TPSA) is 112 Å². The Morgan fingerprint density at radius 2 is 1.70 bits per heavy atom. The molecule has 0 aliphatic carbocycles. The SMILES string of the molecule is C#C.Cc1ccc(Oc2c(F)cc(S(=O)N(CCN(C)C(=O)OC3CCN(C)CC3)CC(=O)NO)cc2F)cc1. The predicted octanol–water partition coefficient (Wildman–Crippen LogP) is 3.31. The van der Waals surface area contributed by atoms with E-state index in [4.69, 9.17) is 14.7 Å². The second-order valence-corrected chi connectivity index (χ2v) is 10.6. The number of carbonyl (C=O) groups is 2. The Bertz CT molecular complexity index is 1170. The van der Waals surface area contributed by atoms with Crippen LogP contribution in [0, 0.1) is 31.4 Å². The van der Waals surface area contributed by atoms with Crippen LogP contribution in [0.4, 0.5) is 13.6 Å². The molecule has 2 aromatic rings. The lowest BCUT2D eigenvalue weighted by Crippen LogP contribution is -2.43. The highest BCUT2D eigenvalue weighted by molar-refractivity contribution is 7.82. The second kappa shape index (κ2) is 15.9. The third-order valence-corrected chi connectivity index (χ3v) is 7.44. The van der Waals surface area contributed by atoms with Crippen LogP contribution in [0.25, 0.3) is 0 Å². The molecule has 2 amide bonds. The standard InChI is InChI=1S/C25H32F2N4O6S.C2H2/c1-17-4-6-18(7-5-17)36-24-21(26)14-20(15-22(24)27)38(35)31(16-23(32)28-34)13-12-30(3)25(33)37-19-8-10-29(2)11-9-19;1-2/h4-7,14-15,19,34H,8-13,16H2,1-3H3,(H,28,32);1-2H. The fourth-order valence-corrected chi connectivity index (χ4v) is 4.90. The van der Waals surface area contributed by atoms with Gasteiger partial charge in [0.15, 0.2) is 17.4 Å². The molecule has 3 rings (SSSR count). The minimum absolute atomic E-state index is 0.00448. The van der Waals surface area contributed by atoms with Gasteiger partial charge < -0.3 is 19.3 Å². The van der Waals surface area contributed by atoms with E-state index in [1.807, 2.05) is 14.0 Å². The van der Waals surface area contributed by atoms with Crippen LogP contribution in [-0.2, 0) is 20.5 Å². The Kier molecular flexibility index (Phi) is 13.0. The summed E-state index contributed by atoms with van der Waals surface area (Å²) < 4.78 is 54.7. The van der Waals surface area contributed by atoms with Crippen LogP contribution in [0.2, 0.25) is 0 Å². The molecule has 2 N–H and O–H groups in total. The molecule has 0 radical (unpaired) electrons. The van der Waals surface area contributed by atoms with Crippen LogP contribution in [0.3, 0.4) is 0 Å². The fraction of sp³-hybridized carbons (Fsp3) is 0.407. The molecule has 1 fully saturated rings. The molecule has 0 bridgehead atoms. The number of aryl methyl sites for hydroxylation is 1. The molecule has 13 heteroatoms. The van der Waals surface area contributed by atoms with Crippen LogP contribution >= 0.6 is 0 Å². The van der Waals surface area contributed by atoms with Crippen molar-refractivity contribution in [3.63, 3.8) is 0 Å². The summed E-state index contributed by atoms with van der Waals surface area (Å²) in [5.41, 5.74) is 2.38. The van der Waals surface area contributed by atoms with E-state index in [0.717, 1.165) is 35.1 Å². The zero-order chi connectivity index (χ0) is 29.8. The van der Waals surface area contributed by atoms with Gasteiger partial charge in [-0.25, -0.2) is 27.6 Å². The van der Waals surface area contributed by atoms with Crippen molar-refractivity contribution in [3.05, 3.63) is 53.6 Å². The van der Waals surface area contributed by atoms with E-state index >= 15 is 0 Å². The van der Waals surface area contributed by atoms with Gasteiger partial charge in [-0.2, -0.15) is 0 Å². The van der Waals surface area contributed by atoms with Gasteiger partial charge in [-0.3, -0.25) is 10.0 Å². The molecule has 0 saturated carbocycles. The number of rotatable bonds is 10. The summed E-state index contributed by atoms with van der Waals surface area (Å²) in [6, 6.07) is 8.27. The first kappa shape index (κ1) is 32.6. The summed E-state index contributed by atoms with van der Waals surface area (Å²) in [6.07, 6.45) is 8.64. The Labute approximate surface area is 235 Å². The highest BCUT2D eigenvalue weighted by Gasteiger charge is 2.25. The van der Waals surface area contributed by atoms with Crippen molar-refractivity contribution >= 4 is 23.0 Å². The lowest BCUT2D eigenvalue weighted by atomic mass is 10.1. The quantitative estimate of drug-likeness (QED) is 0.252. The highest BCUT2D eigenvalue weighted by Crippen LogP contribution is 2.30. The Morgan fingerprint density at radius 1 is 1.12 bits per heavy atom. The van der Waals surface area contributed by atoms with Gasteiger partial charge in [-0.05, 0) is 51.1 Å². The summed E-state index contributed by atoms with van der Waals surface area (Å²) in [5, 5.41) is 8.93. The van der Waals surface area contributed by atoms with Crippen LogP contribution in [-0.4, -0.2) is 88.4 Å². The predicted molar refractivity (Wildman–Crippen MR) is 145 cm³/mol. The minimum atomic E-state index is -2.22. The summed E-state index contributed by atoms with van der Waals surface area (Å²) in [7, 11) is 1.26. The number of amides is 2. The summed E-state index contributed by atoms with van der Waals surface area (Å²) in [5.74, 6) is -3.50. The van der Waals surface area contributed by atoms with Crippen molar-refractivity contribution in [2.75, 3.05) is 46.8 Å². The van der Waals surface area contributed by atoms with Gasteiger partial charge >= 0.3 is 6.09 Å². The first-order valence-corrected chi connectivity index (χ1v) is 13.4. The first-order valence-electron chi connectivity index (χ1n) is 12.3. The van der Waals surface area contributed by atoms with E-state index in [9.17, 15) is 22.6 Å². The van der Waals surface area contributed by atoms with Crippen molar-refractivity contribution in [3.8, 4) is 24.3 Å². The summed E-state index contributed by atoms with van der Waals surface area (Å²) in [6.45, 7) is 2.79. The monoisotopic (exact) mass is 580 g/mol. The number of carbonyl (C=O) groups excluding carboxylic acids is 2. The maximum absolute atomic E-state index is 14.8. The van der Waals surface area contributed by atoms with Crippen molar-refractivity contribution in [1.82, 2.24) is 19.6 Å². The van der Waals surface area contributed by atoms with Crippen molar-refractivity contribution in [2.24, 2.45) is 0 Å². The molecule has 218 valence electrons. The number of halogens is 2. The summed E-state index contributed by atoms with van der Waals surface area (Å²) >= 11 is 0. The molecule has 0 spiro atoms. The molecule has 1 heterocycles. The number of terminal acetylenes is 1. The number of piperidine rings is 1. The molecule has 40 heavy (non-hydrogen) atoms. The number of hydrogen-bond acceptors (Lipinski definition) is 7. The van der Waals surface area contributed by atoms with Gasteiger partial charge in [-0.15, -0.1) is 12.8 Å². The minimum Gasteiger partial charge on any atom is -0.451 e. The molecule has 0 aromatic heterocycles. The Morgan fingerprint density at radius 3 is 2.25 bits per heavy atom. The van der Waals surface area contributed by atoms with Gasteiger partial charge in [0.25, 0.3) is 5.91 Å². The molecular formula is C27H34F2N4O6S. The third-order valence-electron chi connectivity index (χ3n) is 6.02. The number of nitrogens with zero attached hydrogens (tertiary/aromatic N) is 3. The van der Waals surface area contributed by atoms with E-state index in [1.165, 1.54) is 17.4 Å². The van der Waals surface area contributed by atoms with Crippen molar-refractivity contribution in [1.29, 1.82) is 0 Å². The molecule has 1 saturated heterocycles. The van der Waals surface area contributed by atoms with Crippen LogP contribution in [0.5, 0.6) is 11.5 Å². The molecule has 1 atom stereocenters. The number of hydrogen-bond donors (Lipinski definition) is 2. The molecule has 2 aromatic carbocycles. The molecule has 1 aliphatic heterocycles. The van der Waals surface area contributed by atoms with Gasteiger partial charge in [0.2, 0.25) is 0 Å². The van der Waals surface area contributed by atoms with E-state index in [-0.39, 0.29) is 29.8 Å². The molecule has 10 nitrogen and oxygen atoms in total. The first-order chi connectivity index (χ1) is 19.1. The normalized spacial score (nSPS) is 14.5. The molecule has 1 aliphatic rings. The third kappa shape index (κ3) is 9.56. The zero-order valence-electron chi connectivity index (χ0n) is 22.6. The molecule has 1 unspecified atom stereocenters. The smallest absolute Gasteiger partial charge is 0.409 e. The lowest BCUT2D eigenvalue weighted by molar-refractivity contribution is -0.129. The summed E-state index contributed by atoms with van der Waals surface area (Å²) in [4.78, 5) is 27.4. The number of nitrogens with one attached hydrogen (secondary N) is 1. The Balaban J connectivity index is 0.00000274. The van der Waals surface area contributed by atoms with Crippen LogP contribution in [0.15, 0.2) is 41.3 Å². The van der Waals surface area contributed by atoms with Gasteiger partial charge in [0.1, 0.15) is 22.8 Å². The maximum atomic E-state index is 14.8. The average Bonchev–Trinajstić information content (AvgIpc) is 2.95. The van der Waals surface area contributed by atoms with Crippen molar-refractivity contribution < 1.29 is 37.3 Å². The van der Waals surface area contributed by atoms with E-state index < -0.39 is 46.9 Å². The largest absolute Gasteiger partial charge is 0.451 e. The van der Waals surface area contributed by atoms with E-state index in [0.29, 0.717) is 12.8 Å². The second-order valence-electron chi connectivity index (χ2n) is 9.09. The highest BCUT2D eigenvalue weighted by atomic mass is 32.2. The number of likely N-dealkylation sites (tertiary alicyclic amines) is 1. The number of benzene rings is 2. The number of hydroxylamine groups is 1.